The van der Waals surface area contributed by atoms with Crippen molar-refractivity contribution in [2.75, 3.05) is 5.32 Å². The standard InChI is InChI=1S/C21H17ClF3N3OS/c22-14-6-9-17(16(12-14)21(23,24)25)27-19(29)18(13-4-2-1-3-5-13)30-20-26-10-11-28(20)15-7-8-15/h1-6,9-12,15,18H,7-8H2,(H,27,29). The predicted molar refractivity (Wildman–Crippen MR) is 111 cm³/mol. The second kappa shape index (κ2) is 8.35. The number of hydrogen-bond donors (Lipinski definition) is 1. The van der Waals surface area contributed by atoms with E-state index < -0.39 is 22.9 Å². The minimum absolute atomic E-state index is 0.0548. The van der Waals surface area contributed by atoms with Gasteiger partial charge in [0.1, 0.15) is 5.25 Å². The quantitative estimate of drug-likeness (QED) is 0.443. The number of aromatic nitrogens is 2. The Labute approximate surface area is 180 Å². The van der Waals surface area contributed by atoms with Gasteiger partial charge in [-0.25, -0.2) is 4.98 Å². The third kappa shape index (κ3) is 4.65. The molecule has 0 spiro atoms. The molecule has 4 nitrogen and oxygen atoms in total. The van der Waals surface area contributed by atoms with Crippen LogP contribution in [0.25, 0.3) is 0 Å². The van der Waals surface area contributed by atoms with Crippen molar-refractivity contribution in [3.63, 3.8) is 0 Å². The molecule has 0 radical (unpaired) electrons. The zero-order valence-corrected chi connectivity index (χ0v) is 17.1. The maximum atomic E-state index is 13.4. The molecule has 1 aromatic heterocycles. The van der Waals surface area contributed by atoms with Crippen molar-refractivity contribution < 1.29 is 18.0 Å². The second-order valence-corrected chi connectivity index (χ2v) is 8.44. The molecule has 1 heterocycles. The van der Waals surface area contributed by atoms with Gasteiger partial charge in [0, 0.05) is 23.5 Å². The monoisotopic (exact) mass is 451 g/mol. The van der Waals surface area contributed by atoms with E-state index in [0.717, 1.165) is 18.9 Å². The van der Waals surface area contributed by atoms with Crippen LogP contribution >= 0.6 is 23.4 Å². The molecule has 2 aromatic carbocycles. The Morgan fingerprint density at radius 1 is 1.20 bits per heavy atom. The molecule has 0 aliphatic heterocycles. The van der Waals surface area contributed by atoms with Gasteiger partial charge < -0.3 is 9.88 Å². The number of hydrogen-bond acceptors (Lipinski definition) is 3. The second-order valence-electron chi connectivity index (χ2n) is 6.93. The van der Waals surface area contributed by atoms with Crippen LogP contribution in [0.1, 0.15) is 35.3 Å². The minimum atomic E-state index is -4.65. The fourth-order valence-corrected chi connectivity index (χ4v) is 4.38. The van der Waals surface area contributed by atoms with E-state index in [1.165, 1.54) is 23.9 Å². The molecule has 1 N–H and O–H groups in total. The third-order valence-electron chi connectivity index (χ3n) is 4.68. The van der Waals surface area contributed by atoms with Crippen LogP contribution in [0.3, 0.4) is 0 Å². The normalized spacial score (nSPS) is 15.1. The zero-order valence-electron chi connectivity index (χ0n) is 15.6. The molecule has 1 fully saturated rings. The van der Waals surface area contributed by atoms with E-state index in [9.17, 15) is 18.0 Å². The first-order valence-electron chi connectivity index (χ1n) is 9.25. The van der Waals surface area contributed by atoms with Gasteiger partial charge in [0.05, 0.1) is 11.3 Å². The average molecular weight is 452 g/mol. The maximum Gasteiger partial charge on any atom is 0.418 e. The Morgan fingerprint density at radius 2 is 1.93 bits per heavy atom. The highest BCUT2D eigenvalue weighted by molar-refractivity contribution is 8.00. The van der Waals surface area contributed by atoms with Crippen LogP contribution < -0.4 is 5.32 Å². The van der Waals surface area contributed by atoms with Crippen LogP contribution in [0, 0.1) is 0 Å². The minimum Gasteiger partial charge on any atom is -0.324 e. The van der Waals surface area contributed by atoms with Crippen LogP contribution in [0.15, 0.2) is 66.1 Å². The summed E-state index contributed by atoms with van der Waals surface area (Å²) < 4.78 is 42.3. The summed E-state index contributed by atoms with van der Waals surface area (Å²) in [6, 6.07) is 12.6. The highest BCUT2D eigenvalue weighted by Gasteiger charge is 2.35. The molecule has 3 aromatic rings. The number of halogens is 4. The fraction of sp³-hybridized carbons (Fsp3) is 0.238. The first kappa shape index (κ1) is 20.8. The van der Waals surface area contributed by atoms with E-state index in [2.05, 4.69) is 10.3 Å². The van der Waals surface area contributed by atoms with Gasteiger partial charge in [-0.1, -0.05) is 53.7 Å². The number of thioether (sulfide) groups is 1. The first-order chi connectivity index (χ1) is 14.3. The smallest absolute Gasteiger partial charge is 0.324 e. The molecule has 30 heavy (non-hydrogen) atoms. The van der Waals surface area contributed by atoms with E-state index in [4.69, 9.17) is 11.6 Å². The summed E-state index contributed by atoms with van der Waals surface area (Å²) >= 11 is 6.96. The number of amides is 1. The van der Waals surface area contributed by atoms with E-state index in [0.29, 0.717) is 16.8 Å². The molecule has 1 amide bonds. The SMILES string of the molecule is O=C(Nc1ccc(Cl)cc1C(F)(F)F)C(Sc1nccn1C1CC1)c1ccccc1. The first-order valence-corrected chi connectivity index (χ1v) is 10.5. The van der Waals surface area contributed by atoms with E-state index in [1.807, 2.05) is 16.8 Å². The molecule has 1 aliphatic carbocycles. The predicted octanol–water partition coefficient (Wildman–Crippen LogP) is 6.36. The summed E-state index contributed by atoms with van der Waals surface area (Å²) in [5.41, 5.74) is -0.642. The Kier molecular flexibility index (Phi) is 5.79. The number of carbonyl (C=O) groups excluding carboxylic acids is 1. The number of carbonyl (C=O) groups is 1. The highest BCUT2D eigenvalue weighted by atomic mass is 35.5. The van der Waals surface area contributed by atoms with Crippen molar-refractivity contribution in [3.05, 3.63) is 77.1 Å². The fourth-order valence-electron chi connectivity index (χ4n) is 3.09. The maximum absolute atomic E-state index is 13.4. The van der Waals surface area contributed by atoms with Crippen LogP contribution in [0.2, 0.25) is 5.02 Å². The van der Waals surface area contributed by atoms with Gasteiger partial charge in [-0.2, -0.15) is 13.2 Å². The lowest BCUT2D eigenvalue weighted by Crippen LogP contribution is -2.22. The topological polar surface area (TPSA) is 46.9 Å². The molecule has 0 saturated heterocycles. The van der Waals surface area contributed by atoms with Gasteiger partial charge in [-0.05, 0) is 36.6 Å². The van der Waals surface area contributed by atoms with E-state index >= 15 is 0 Å². The summed E-state index contributed by atoms with van der Waals surface area (Å²) in [6.07, 6.45) is 0.977. The molecular formula is C21H17ClF3N3OS. The van der Waals surface area contributed by atoms with Gasteiger partial charge in [0.25, 0.3) is 0 Å². The molecule has 1 saturated carbocycles. The zero-order chi connectivity index (χ0) is 21.3. The Hall–Kier alpha value is -2.45. The van der Waals surface area contributed by atoms with E-state index in [-0.39, 0.29) is 10.7 Å². The molecule has 4 rings (SSSR count). The number of nitrogens with one attached hydrogen (secondary N) is 1. The lowest BCUT2D eigenvalue weighted by Gasteiger charge is -2.19. The molecular weight excluding hydrogens is 435 g/mol. The van der Waals surface area contributed by atoms with Crippen LogP contribution in [-0.2, 0) is 11.0 Å². The molecule has 1 aliphatic rings. The van der Waals surface area contributed by atoms with Crippen molar-refractivity contribution in [3.8, 4) is 0 Å². The van der Waals surface area contributed by atoms with Gasteiger partial charge in [-0.3, -0.25) is 4.79 Å². The van der Waals surface area contributed by atoms with Crippen LogP contribution in [-0.4, -0.2) is 15.5 Å². The van der Waals surface area contributed by atoms with Gasteiger partial charge in [-0.15, -0.1) is 0 Å². The van der Waals surface area contributed by atoms with Crippen molar-refractivity contribution in [1.82, 2.24) is 9.55 Å². The lowest BCUT2D eigenvalue weighted by molar-refractivity contribution is -0.137. The summed E-state index contributed by atoms with van der Waals surface area (Å²) in [5.74, 6) is -0.565. The van der Waals surface area contributed by atoms with Crippen molar-refractivity contribution in [1.29, 1.82) is 0 Å². The van der Waals surface area contributed by atoms with Crippen LogP contribution in [0.5, 0.6) is 0 Å². The number of nitrogens with zero attached hydrogens (tertiary/aromatic N) is 2. The third-order valence-corrected chi connectivity index (χ3v) is 6.17. The van der Waals surface area contributed by atoms with Gasteiger partial charge >= 0.3 is 6.18 Å². The molecule has 0 bridgehead atoms. The van der Waals surface area contributed by atoms with Gasteiger partial charge in [0.2, 0.25) is 5.91 Å². The summed E-state index contributed by atoms with van der Waals surface area (Å²) in [4.78, 5) is 17.5. The lowest BCUT2D eigenvalue weighted by atomic mass is 10.1. The van der Waals surface area contributed by atoms with Crippen molar-refractivity contribution in [2.24, 2.45) is 0 Å². The highest BCUT2D eigenvalue weighted by Crippen LogP contribution is 2.42. The summed E-state index contributed by atoms with van der Waals surface area (Å²) in [5, 5.41) is 2.28. The summed E-state index contributed by atoms with van der Waals surface area (Å²) in [6.45, 7) is 0. The number of benzene rings is 2. The Balaban J connectivity index is 1.65. The number of anilines is 1. The number of alkyl halides is 3. The van der Waals surface area contributed by atoms with Crippen molar-refractivity contribution in [2.45, 2.75) is 35.5 Å². The molecule has 9 heteroatoms. The average Bonchev–Trinajstić information content (AvgIpc) is 3.45. The molecule has 1 atom stereocenters. The molecule has 156 valence electrons. The number of imidazole rings is 1. The van der Waals surface area contributed by atoms with Crippen LogP contribution in [0.4, 0.5) is 18.9 Å². The Bertz CT molecular complexity index is 1050. The largest absolute Gasteiger partial charge is 0.418 e. The van der Waals surface area contributed by atoms with E-state index in [1.54, 1.807) is 30.5 Å². The molecule has 1 unspecified atom stereocenters. The van der Waals surface area contributed by atoms with Gasteiger partial charge in [0.15, 0.2) is 5.16 Å². The summed E-state index contributed by atoms with van der Waals surface area (Å²) in [7, 11) is 0. The number of rotatable bonds is 6. The Morgan fingerprint density at radius 3 is 2.60 bits per heavy atom. The van der Waals surface area contributed by atoms with Crippen molar-refractivity contribution >= 4 is 35.0 Å².